The first kappa shape index (κ1) is 14.9. The SMILES string of the molecule is CC1CCN(CC(=O)Nc2cc(F)ccc2F)C1CO. The van der Waals surface area contributed by atoms with E-state index in [1.54, 1.807) is 0 Å². The number of hydrogen-bond donors (Lipinski definition) is 2. The maximum atomic E-state index is 13.4. The van der Waals surface area contributed by atoms with E-state index >= 15 is 0 Å². The van der Waals surface area contributed by atoms with Gasteiger partial charge in [-0.1, -0.05) is 6.92 Å². The van der Waals surface area contributed by atoms with Gasteiger partial charge in [0.15, 0.2) is 0 Å². The van der Waals surface area contributed by atoms with Gasteiger partial charge in [0, 0.05) is 12.1 Å². The molecule has 2 atom stereocenters. The molecule has 1 aliphatic heterocycles. The summed E-state index contributed by atoms with van der Waals surface area (Å²) in [6.45, 7) is 2.78. The standard InChI is InChI=1S/C14H18F2N2O2/c1-9-4-5-18(13(9)8-19)7-14(20)17-12-6-10(15)2-3-11(12)16/h2-3,6,9,13,19H,4-5,7-8H2,1H3,(H,17,20). The zero-order chi connectivity index (χ0) is 14.7. The molecule has 110 valence electrons. The van der Waals surface area contributed by atoms with Gasteiger partial charge in [-0.2, -0.15) is 0 Å². The number of anilines is 1. The number of likely N-dealkylation sites (tertiary alicyclic amines) is 1. The van der Waals surface area contributed by atoms with Crippen molar-refractivity contribution in [2.24, 2.45) is 5.92 Å². The predicted molar refractivity (Wildman–Crippen MR) is 71.2 cm³/mol. The number of nitrogens with one attached hydrogen (secondary N) is 1. The van der Waals surface area contributed by atoms with E-state index in [2.05, 4.69) is 5.32 Å². The molecular formula is C14H18F2N2O2. The van der Waals surface area contributed by atoms with Crippen LogP contribution in [0.4, 0.5) is 14.5 Å². The molecule has 1 aromatic carbocycles. The van der Waals surface area contributed by atoms with Crippen molar-refractivity contribution in [3.8, 4) is 0 Å². The maximum Gasteiger partial charge on any atom is 0.238 e. The summed E-state index contributed by atoms with van der Waals surface area (Å²) in [4.78, 5) is 13.7. The largest absolute Gasteiger partial charge is 0.395 e. The highest BCUT2D eigenvalue weighted by atomic mass is 19.1. The first-order valence-corrected chi connectivity index (χ1v) is 6.61. The summed E-state index contributed by atoms with van der Waals surface area (Å²) in [7, 11) is 0. The van der Waals surface area contributed by atoms with Crippen LogP contribution in [0.1, 0.15) is 13.3 Å². The summed E-state index contributed by atoms with van der Waals surface area (Å²) < 4.78 is 26.4. The molecule has 1 aromatic rings. The molecule has 0 spiro atoms. The number of benzene rings is 1. The average Bonchev–Trinajstić information content (AvgIpc) is 2.74. The van der Waals surface area contributed by atoms with Gasteiger partial charge in [0.2, 0.25) is 5.91 Å². The number of hydrogen-bond acceptors (Lipinski definition) is 3. The second-order valence-corrected chi connectivity index (χ2v) is 5.16. The van der Waals surface area contributed by atoms with Crippen molar-refractivity contribution in [3.05, 3.63) is 29.8 Å². The Bertz CT molecular complexity index is 496. The highest BCUT2D eigenvalue weighted by Crippen LogP contribution is 2.23. The molecule has 0 radical (unpaired) electrons. The molecule has 0 aromatic heterocycles. The van der Waals surface area contributed by atoms with E-state index in [9.17, 15) is 18.7 Å². The topological polar surface area (TPSA) is 52.6 Å². The van der Waals surface area contributed by atoms with Crippen LogP contribution in [0.3, 0.4) is 0 Å². The van der Waals surface area contributed by atoms with Crippen molar-refractivity contribution in [1.29, 1.82) is 0 Å². The summed E-state index contributed by atoms with van der Waals surface area (Å²) in [5.41, 5.74) is -0.164. The monoisotopic (exact) mass is 284 g/mol. The normalized spacial score (nSPS) is 23.0. The molecule has 2 rings (SSSR count). The van der Waals surface area contributed by atoms with Gasteiger partial charge in [-0.05, 0) is 31.0 Å². The van der Waals surface area contributed by atoms with Gasteiger partial charge in [-0.3, -0.25) is 9.69 Å². The third-order valence-electron chi connectivity index (χ3n) is 3.73. The molecule has 2 N–H and O–H groups in total. The fourth-order valence-electron chi connectivity index (χ4n) is 2.55. The third-order valence-corrected chi connectivity index (χ3v) is 3.73. The number of aliphatic hydroxyl groups excluding tert-OH is 1. The number of amides is 1. The summed E-state index contributed by atoms with van der Waals surface area (Å²) in [6, 6.07) is 2.86. The van der Waals surface area contributed by atoms with Crippen LogP contribution in [0.25, 0.3) is 0 Å². The van der Waals surface area contributed by atoms with E-state index in [0.29, 0.717) is 12.5 Å². The van der Waals surface area contributed by atoms with Crippen LogP contribution >= 0.6 is 0 Å². The van der Waals surface area contributed by atoms with Crippen LogP contribution in [0, 0.1) is 17.6 Å². The van der Waals surface area contributed by atoms with Crippen LogP contribution in [0.5, 0.6) is 0 Å². The summed E-state index contributed by atoms with van der Waals surface area (Å²) in [5.74, 6) is -1.38. The van der Waals surface area contributed by atoms with E-state index in [-0.39, 0.29) is 24.9 Å². The van der Waals surface area contributed by atoms with Crippen LogP contribution in [-0.4, -0.2) is 41.7 Å². The van der Waals surface area contributed by atoms with E-state index in [4.69, 9.17) is 0 Å². The minimum Gasteiger partial charge on any atom is -0.395 e. The molecule has 1 heterocycles. The van der Waals surface area contributed by atoms with Crippen molar-refractivity contribution in [1.82, 2.24) is 4.90 Å². The highest BCUT2D eigenvalue weighted by molar-refractivity contribution is 5.92. The third kappa shape index (κ3) is 3.32. The van der Waals surface area contributed by atoms with Crippen LogP contribution in [0.2, 0.25) is 0 Å². The molecule has 0 saturated carbocycles. The molecule has 1 amide bonds. The minimum absolute atomic E-state index is 0.0111. The van der Waals surface area contributed by atoms with E-state index in [1.807, 2.05) is 11.8 Å². The van der Waals surface area contributed by atoms with Gasteiger partial charge in [-0.15, -0.1) is 0 Å². The van der Waals surface area contributed by atoms with Gasteiger partial charge in [0.25, 0.3) is 0 Å². The molecule has 4 nitrogen and oxygen atoms in total. The summed E-state index contributed by atoms with van der Waals surface area (Å²) >= 11 is 0. The predicted octanol–water partition coefficient (Wildman–Crippen LogP) is 1.61. The Morgan fingerprint density at radius 3 is 2.95 bits per heavy atom. The molecule has 20 heavy (non-hydrogen) atoms. The Morgan fingerprint density at radius 1 is 1.50 bits per heavy atom. The Kier molecular flexibility index (Phi) is 4.67. The number of aliphatic hydroxyl groups is 1. The van der Waals surface area contributed by atoms with Gasteiger partial charge < -0.3 is 10.4 Å². The zero-order valence-electron chi connectivity index (χ0n) is 11.3. The molecular weight excluding hydrogens is 266 g/mol. The lowest BCUT2D eigenvalue weighted by Gasteiger charge is -2.24. The van der Waals surface area contributed by atoms with Crippen molar-refractivity contribution >= 4 is 11.6 Å². The number of rotatable bonds is 4. The summed E-state index contributed by atoms with van der Waals surface area (Å²) in [6.07, 6.45) is 0.910. The first-order chi connectivity index (χ1) is 9.51. The second kappa shape index (κ2) is 6.28. The molecule has 0 aliphatic carbocycles. The lowest BCUT2D eigenvalue weighted by molar-refractivity contribution is -0.117. The Labute approximate surface area is 116 Å². The Hall–Kier alpha value is -1.53. The number of carbonyl (C=O) groups excluding carboxylic acids is 1. The lowest BCUT2D eigenvalue weighted by Crippen LogP contribution is -2.40. The molecule has 6 heteroatoms. The van der Waals surface area contributed by atoms with Gasteiger partial charge >= 0.3 is 0 Å². The second-order valence-electron chi connectivity index (χ2n) is 5.16. The van der Waals surface area contributed by atoms with Crippen molar-refractivity contribution < 1.29 is 18.7 Å². The lowest BCUT2D eigenvalue weighted by atomic mass is 10.0. The Balaban J connectivity index is 1.97. The van der Waals surface area contributed by atoms with E-state index in [0.717, 1.165) is 24.6 Å². The summed E-state index contributed by atoms with van der Waals surface area (Å²) in [5, 5.41) is 11.7. The number of carbonyl (C=O) groups is 1. The van der Waals surface area contributed by atoms with Crippen molar-refractivity contribution in [3.63, 3.8) is 0 Å². The van der Waals surface area contributed by atoms with Gasteiger partial charge in [-0.25, -0.2) is 8.78 Å². The van der Waals surface area contributed by atoms with Crippen molar-refractivity contribution in [2.75, 3.05) is 25.0 Å². The fraction of sp³-hybridized carbons (Fsp3) is 0.500. The van der Waals surface area contributed by atoms with Crippen LogP contribution in [-0.2, 0) is 4.79 Å². The molecule has 1 aliphatic rings. The molecule has 1 fully saturated rings. The maximum absolute atomic E-state index is 13.4. The molecule has 0 bridgehead atoms. The average molecular weight is 284 g/mol. The zero-order valence-corrected chi connectivity index (χ0v) is 11.3. The Morgan fingerprint density at radius 2 is 2.25 bits per heavy atom. The quantitative estimate of drug-likeness (QED) is 0.883. The van der Waals surface area contributed by atoms with Gasteiger partial charge in [0.05, 0.1) is 18.8 Å². The van der Waals surface area contributed by atoms with Gasteiger partial charge in [0.1, 0.15) is 11.6 Å². The molecule has 2 unspecified atom stereocenters. The molecule has 1 saturated heterocycles. The van der Waals surface area contributed by atoms with E-state index in [1.165, 1.54) is 0 Å². The van der Waals surface area contributed by atoms with Crippen LogP contribution in [0.15, 0.2) is 18.2 Å². The fourth-order valence-corrected chi connectivity index (χ4v) is 2.55. The first-order valence-electron chi connectivity index (χ1n) is 6.61. The van der Waals surface area contributed by atoms with Crippen molar-refractivity contribution in [2.45, 2.75) is 19.4 Å². The minimum atomic E-state index is -0.673. The van der Waals surface area contributed by atoms with Crippen LogP contribution < -0.4 is 5.32 Å². The smallest absolute Gasteiger partial charge is 0.238 e. The highest BCUT2D eigenvalue weighted by Gasteiger charge is 2.31. The number of halogens is 2. The van der Waals surface area contributed by atoms with E-state index < -0.39 is 17.5 Å². The number of nitrogens with zero attached hydrogens (tertiary/aromatic N) is 1.